The molecule has 0 atom stereocenters. The van der Waals surface area contributed by atoms with E-state index >= 15 is 0 Å². The van der Waals surface area contributed by atoms with Crippen molar-refractivity contribution in [1.29, 1.82) is 0 Å². The fraction of sp³-hybridized carbons (Fsp3) is 0.556. The van der Waals surface area contributed by atoms with Crippen molar-refractivity contribution in [1.82, 2.24) is 0 Å². The molecule has 3 heteroatoms. The van der Waals surface area contributed by atoms with Gasteiger partial charge in [-0.15, -0.1) is 29.4 Å². The van der Waals surface area contributed by atoms with Gasteiger partial charge in [0.05, 0.1) is 8.07 Å². The Kier molecular flexibility index (Phi) is 6.34. The molecule has 0 spiro atoms. The molecule has 1 aromatic carbocycles. The van der Waals surface area contributed by atoms with Crippen molar-refractivity contribution in [2.45, 2.75) is 49.0 Å². The predicted octanol–water partition coefficient (Wildman–Crippen LogP) is 5.46. The molecule has 0 nitrogen and oxygen atoms in total. The van der Waals surface area contributed by atoms with Crippen LogP contribution in [0.15, 0.2) is 30.3 Å². The summed E-state index contributed by atoms with van der Waals surface area (Å²) >= 11 is 4.25. The second kappa shape index (κ2) is 7.81. The molecule has 0 unspecified atom stereocenters. The van der Waals surface area contributed by atoms with Crippen LogP contribution in [0.25, 0.3) is 0 Å². The van der Waals surface area contributed by atoms with Crippen molar-refractivity contribution in [3.8, 4) is 11.8 Å². The van der Waals surface area contributed by atoms with Crippen molar-refractivity contribution < 1.29 is 0 Å². The Morgan fingerprint density at radius 2 is 1.76 bits per heavy atom. The van der Waals surface area contributed by atoms with Gasteiger partial charge in [0.25, 0.3) is 0 Å². The van der Waals surface area contributed by atoms with Gasteiger partial charge in [-0.05, 0) is 36.3 Å². The summed E-state index contributed by atoms with van der Waals surface area (Å²) in [4.78, 5) is 0. The second-order valence-corrected chi connectivity index (χ2v) is 15.4. The highest BCUT2D eigenvalue weighted by molar-refractivity contribution is 8.21. The van der Waals surface area contributed by atoms with Crippen molar-refractivity contribution in [2.24, 2.45) is 0 Å². The number of hydrogen-bond donors (Lipinski definition) is 0. The molecule has 0 amide bonds. The smallest absolute Gasteiger partial charge is 0.110 e. The molecule has 1 aliphatic heterocycles. The van der Waals surface area contributed by atoms with Crippen LogP contribution in [0.5, 0.6) is 0 Å². The Morgan fingerprint density at radius 1 is 1.10 bits per heavy atom. The van der Waals surface area contributed by atoms with Gasteiger partial charge in [-0.3, -0.25) is 0 Å². The highest BCUT2D eigenvalue weighted by Crippen LogP contribution is 2.48. The third-order valence-electron chi connectivity index (χ3n) is 3.75. The van der Waals surface area contributed by atoms with E-state index in [-0.39, 0.29) is 3.70 Å². The van der Waals surface area contributed by atoms with Crippen LogP contribution in [0.4, 0.5) is 0 Å². The lowest BCUT2D eigenvalue weighted by atomic mass is 10.1. The van der Waals surface area contributed by atoms with E-state index in [0.717, 1.165) is 12.8 Å². The molecule has 0 saturated carbocycles. The van der Waals surface area contributed by atoms with Crippen molar-refractivity contribution in [3.63, 3.8) is 0 Å². The van der Waals surface area contributed by atoms with Gasteiger partial charge in [0.2, 0.25) is 0 Å². The van der Waals surface area contributed by atoms with Gasteiger partial charge in [-0.2, -0.15) is 0 Å². The normalized spacial score (nSPS) is 17.9. The zero-order valence-electron chi connectivity index (χ0n) is 13.4. The number of unbranched alkanes of at least 4 members (excludes halogenated alkanes) is 1. The molecular formula is C18H26S2Si. The van der Waals surface area contributed by atoms with E-state index in [0.29, 0.717) is 0 Å². The Morgan fingerprint density at radius 3 is 2.38 bits per heavy atom. The maximum atomic E-state index is 3.70. The summed E-state index contributed by atoms with van der Waals surface area (Å²) in [5.41, 5.74) is 1.43. The van der Waals surface area contributed by atoms with Crippen LogP contribution in [0, 0.1) is 11.8 Å². The Bertz CT molecular complexity index is 487. The largest absolute Gasteiger partial charge is 0.135 e. The molecule has 0 aromatic heterocycles. The lowest BCUT2D eigenvalue weighted by Crippen LogP contribution is -2.47. The topological polar surface area (TPSA) is 0 Å². The van der Waals surface area contributed by atoms with Crippen LogP contribution in [0.2, 0.25) is 19.6 Å². The summed E-state index contributed by atoms with van der Waals surface area (Å²) in [5, 5.41) is 0. The van der Waals surface area contributed by atoms with Gasteiger partial charge in [-0.25, -0.2) is 0 Å². The number of thioether (sulfide) groups is 2. The van der Waals surface area contributed by atoms with Crippen LogP contribution in [0.1, 0.15) is 24.8 Å². The quantitative estimate of drug-likeness (QED) is 0.407. The van der Waals surface area contributed by atoms with E-state index in [1.165, 1.54) is 29.9 Å². The molecule has 1 saturated heterocycles. The van der Waals surface area contributed by atoms with Crippen LogP contribution < -0.4 is 0 Å². The van der Waals surface area contributed by atoms with E-state index in [4.69, 9.17) is 0 Å². The monoisotopic (exact) mass is 334 g/mol. The summed E-state index contributed by atoms with van der Waals surface area (Å²) < 4.78 is 0.234. The first-order valence-corrected chi connectivity index (χ1v) is 13.3. The van der Waals surface area contributed by atoms with E-state index in [1.807, 2.05) is 0 Å². The summed E-state index contributed by atoms with van der Waals surface area (Å²) in [6.07, 6.45) is 4.70. The molecule has 1 heterocycles. The van der Waals surface area contributed by atoms with Crippen molar-refractivity contribution in [2.75, 3.05) is 11.5 Å². The zero-order chi connectivity index (χ0) is 15.2. The van der Waals surface area contributed by atoms with Crippen molar-refractivity contribution >= 4 is 31.6 Å². The summed E-state index contributed by atoms with van der Waals surface area (Å²) in [5.74, 6) is 9.79. The van der Waals surface area contributed by atoms with Gasteiger partial charge in [0.15, 0.2) is 0 Å². The van der Waals surface area contributed by atoms with E-state index in [9.17, 15) is 0 Å². The number of aryl methyl sites for hydroxylation is 1. The fourth-order valence-corrected chi connectivity index (χ4v) is 9.43. The lowest BCUT2D eigenvalue weighted by molar-refractivity contribution is 0.857. The number of hydrogen-bond acceptors (Lipinski definition) is 2. The predicted molar refractivity (Wildman–Crippen MR) is 103 cm³/mol. The molecule has 1 aliphatic rings. The maximum absolute atomic E-state index is 3.70. The van der Waals surface area contributed by atoms with Crippen LogP contribution in [-0.4, -0.2) is 23.3 Å². The first-order valence-electron chi connectivity index (χ1n) is 7.85. The van der Waals surface area contributed by atoms with Crippen LogP contribution in [0.3, 0.4) is 0 Å². The van der Waals surface area contributed by atoms with E-state index in [2.05, 4.69) is 85.3 Å². The summed E-state index contributed by atoms with van der Waals surface area (Å²) in [6, 6.07) is 10.7. The van der Waals surface area contributed by atoms with E-state index < -0.39 is 8.07 Å². The minimum Gasteiger partial charge on any atom is -0.135 e. The SMILES string of the molecule is C[Si](C)(C)C1(C#CCCCc2ccccc2)SCCCS1. The zero-order valence-corrected chi connectivity index (χ0v) is 16.1. The van der Waals surface area contributed by atoms with Gasteiger partial charge in [-0.1, -0.05) is 55.9 Å². The molecule has 1 fully saturated rings. The minimum absolute atomic E-state index is 0.234. The van der Waals surface area contributed by atoms with Gasteiger partial charge >= 0.3 is 0 Å². The third kappa shape index (κ3) is 4.84. The van der Waals surface area contributed by atoms with Gasteiger partial charge < -0.3 is 0 Å². The number of benzene rings is 1. The molecule has 0 N–H and O–H groups in total. The van der Waals surface area contributed by atoms with Crippen LogP contribution >= 0.6 is 23.5 Å². The Hall–Kier alpha value is -0.303. The molecule has 21 heavy (non-hydrogen) atoms. The second-order valence-electron chi connectivity index (χ2n) is 6.56. The Labute approximate surface area is 139 Å². The fourth-order valence-electron chi connectivity index (χ4n) is 2.43. The number of rotatable bonds is 4. The highest BCUT2D eigenvalue weighted by Gasteiger charge is 2.44. The summed E-state index contributed by atoms with van der Waals surface area (Å²) in [7, 11) is -1.28. The van der Waals surface area contributed by atoms with Gasteiger partial charge in [0, 0.05) is 6.42 Å². The third-order valence-corrected chi connectivity index (χ3v) is 13.1. The minimum atomic E-state index is -1.28. The van der Waals surface area contributed by atoms with Crippen LogP contribution in [-0.2, 0) is 6.42 Å². The first-order chi connectivity index (χ1) is 10.0. The maximum Gasteiger partial charge on any atom is 0.110 e. The molecule has 0 bridgehead atoms. The van der Waals surface area contributed by atoms with Crippen molar-refractivity contribution in [3.05, 3.63) is 35.9 Å². The average Bonchev–Trinajstić information content (AvgIpc) is 2.48. The molecule has 2 rings (SSSR count). The molecule has 0 radical (unpaired) electrons. The van der Waals surface area contributed by atoms with Gasteiger partial charge in [0.1, 0.15) is 3.70 Å². The molecule has 114 valence electrons. The standard InChI is InChI=1S/C18H26S2Si/c1-21(2,3)18(19-15-10-16-20-18)14-9-5-8-13-17-11-6-4-7-12-17/h4,6-7,11-12H,5,8,10,13,15-16H2,1-3H3. The molecular weight excluding hydrogens is 308 g/mol. The molecule has 0 aliphatic carbocycles. The first kappa shape index (κ1) is 17.1. The molecule has 1 aromatic rings. The average molecular weight is 335 g/mol. The Balaban J connectivity index is 1.90. The highest BCUT2D eigenvalue weighted by atomic mass is 32.2. The summed E-state index contributed by atoms with van der Waals surface area (Å²) in [6.45, 7) is 7.41. The van der Waals surface area contributed by atoms with E-state index in [1.54, 1.807) is 0 Å². The lowest BCUT2D eigenvalue weighted by Gasteiger charge is -2.41.